The molecule has 0 saturated carbocycles. The Morgan fingerprint density at radius 2 is 2.17 bits per heavy atom. The predicted molar refractivity (Wildman–Crippen MR) is 81.2 cm³/mol. The summed E-state index contributed by atoms with van der Waals surface area (Å²) in [5.41, 5.74) is 2.02. The lowest BCUT2D eigenvalue weighted by atomic mass is 10.1. The molecule has 1 unspecified atom stereocenters. The Hall–Kier alpha value is -0.840. The highest BCUT2D eigenvalue weighted by molar-refractivity contribution is 9.10. The van der Waals surface area contributed by atoms with Crippen LogP contribution in [0.1, 0.15) is 23.5 Å². The first kappa shape index (κ1) is 13.6. The standard InChI is InChI=1S/C14H16BrNOS/c1-10(17)13-8-11(15)5-6-14(13)16(2)9-12-4-3-7-18-12/h3-8,10,17H,9H2,1-2H3. The van der Waals surface area contributed by atoms with Crippen LogP contribution in [0.15, 0.2) is 40.2 Å². The minimum Gasteiger partial charge on any atom is -0.389 e. The zero-order chi connectivity index (χ0) is 13.1. The van der Waals surface area contributed by atoms with Crippen LogP contribution in [0.2, 0.25) is 0 Å². The van der Waals surface area contributed by atoms with Gasteiger partial charge in [-0.15, -0.1) is 11.3 Å². The van der Waals surface area contributed by atoms with E-state index in [2.05, 4.69) is 45.4 Å². The maximum absolute atomic E-state index is 9.86. The van der Waals surface area contributed by atoms with Crippen LogP contribution in [0.4, 0.5) is 5.69 Å². The molecule has 1 atom stereocenters. The van der Waals surface area contributed by atoms with E-state index < -0.39 is 6.10 Å². The number of hydrogen-bond acceptors (Lipinski definition) is 3. The molecule has 1 aromatic heterocycles. The number of aliphatic hydroxyl groups excluding tert-OH is 1. The maximum Gasteiger partial charge on any atom is 0.0782 e. The van der Waals surface area contributed by atoms with E-state index in [1.165, 1.54) is 4.88 Å². The highest BCUT2D eigenvalue weighted by Gasteiger charge is 2.12. The Labute approximate surface area is 120 Å². The lowest BCUT2D eigenvalue weighted by molar-refractivity contribution is 0.199. The van der Waals surface area contributed by atoms with Crippen LogP contribution < -0.4 is 4.90 Å². The van der Waals surface area contributed by atoms with Gasteiger partial charge in [-0.1, -0.05) is 22.0 Å². The summed E-state index contributed by atoms with van der Waals surface area (Å²) in [4.78, 5) is 3.48. The summed E-state index contributed by atoms with van der Waals surface area (Å²) in [5.74, 6) is 0. The van der Waals surface area contributed by atoms with Crippen molar-refractivity contribution in [2.24, 2.45) is 0 Å². The van der Waals surface area contributed by atoms with Gasteiger partial charge < -0.3 is 10.0 Å². The Bertz CT molecular complexity index is 511. The van der Waals surface area contributed by atoms with Crippen molar-refractivity contribution in [2.75, 3.05) is 11.9 Å². The number of rotatable bonds is 4. The van der Waals surface area contributed by atoms with E-state index in [9.17, 15) is 5.11 Å². The quantitative estimate of drug-likeness (QED) is 0.910. The van der Waals surface area contributed by atoms with Crippen molar-refractivity contribution in [1.82, 2.24) is 0 Å². The third-order valence-corrected chi connectivity index (χ3v) is 4.18. The van der Waals surface area contributed by atoms with E-state index in [4.69, 9.17) is 0 Å². The second-order valence-corrected chi connectivity index (χ2v) is 6.26. The summed E-state index contributed by atoms with van der Waals surface area (Å²) in [7, 11) is 2.05. The molecule has 2 rings (SSSR count). The Morgan fingerprint density at radius 1 is 1.39 bits per heavy atom. The molecule has 0 fully saturated rings. The molecular formula is C14H16BrNOS. The van der Waals surface area contributed by atoms with E-state index in [-0.39, 0.29) is 0 Å². The summed E-state index contributed by atoms with van der Waals surface area (Å²) in [6, 6.07) is 10.2. The number of hydrogen-bond donors (Lipinski definition) is 1. The molecule has 1 aromatic carbocycles. The summed E-state index contributed by atoms with van der Waals surface area (Å²) in [6.45, 7) is 2.66. The van der Waals surface area contributed by atoms with Gasteiger partial charge in [-0.3, -0.25) is 0 Å². The largest absolute Gasteiger partial charge is 0.389 e. The summed E-state index contributed by atoms with van der Waals surface area (Å²) < 4.78 is 0.992. The molecule has 0 saturated heterocycles. The second kappa shape index (κ2) is 5.87. The van der Waals surface area contributed by atoms with E-state index >= 15 is 0 Å². The number of thiophene rings is 1. The summed E-state index contributed by atoms with van der Waals surface area (Å²) >= 11 is 5.20. The lowest BCUT2D eigenvalue weighted by Crippen LogP contribution is -2.18. The smallest absolute Gasteiger partial charge is 0.0782 e. The fraction of sp³-hybridized carbons (Fsp3) is 0.286. The van der Waals surface area contributed by atoms with E-state index in [0.717, 1.165) is 22.3 Å². The number of halogens is 1. The molecule has 0 spiro atoms. The van der Waals surface area contributed by atoms with Crippen molar-refractivity contribution in [3.05, 3.63) is 50.6 Å². The Balaban J connectivity index is 2.26. The van der Waals surface area contributed by atoms with Gasteiger partial charge in [-0.25, -0.2) is 0 Å². The maximum atomic E-state index is 9.86. The van der Waals surface area contributed by atoms with Gasteiger partial charge in [-0.05, 0) is 36.6 Å². The highest BCUT2D eigenvalue weighted by atomic mass is 79.9. The third kappa shape index (κ3) is 3.13. The molecule has 0 radical (unpaired) electrons. The van der Waals surface area contributed by atoms with Crippen LogP contribution in [-0.4, -0.2) is 12.2 Å². The molecule has 2 nitrogen and oxygen atoms in total. The minimum absolute atomic E-state index is 0.469. The molecule has 2 aromatic rings. The Morgan fingerprint density at radius 3 is 2.78 bits per heavy atom. The number of anilines is 1. The molecule has 1 heterocycles. The molecule has 96 valence electrons. The van der Waals surface area contributed by atoms with Gasteiger partial charge >= 0.3 is 0 Å². The van der Waals surface area contributed by atoms with Gasteiger partial charge in [0.25, 0.3) is 0 Å². The second-order valence-electron chi connectivity index (χ2n) is 4.31. The van der Waals surface area contributed by atoms with Gasteiger partial charge in [0, 0.05) is 27.6 Å². The van der Waals surface area contributed by atoms with Crippen molar-refractivity contribution in [3.8, 4) is 0 Å². The van der Waals surface area contributed by atoms with Gasteiger partial charge in [0.05, 0.1) is 12.6 Å². The molecule has 0 bridgehead atoms. The van der Waals surface area contributed by atoms with Crippen molar-refractivity contribution < 1.29 is 5.11 Å². The molecule has 0 aliphatic carbocycles. The topological polar surface area (TPSA) is 23.5 Å². The monoisotopic (exact) mass is 325 g/mol. The molecule has 0 amide bonds. The number of benzene rings is 1. The molecule has 4 heteroatoms. The SMILES string of the molecule is CC(O)c1cc(Br)ccc1N(C)Cc1cccs1. The zero-order valence-electron chi connectivity index (χ0n) is 10.4. The molecular weight excluding hydrogens is 310 g/mol. The van der Waals surface area contributed by atoms with Crippen molar-refractivity contribution in [1.29, 1.82) is 0 Å². The number of nitrogens with zero attached hydrogens (tertiary/aromatic N) is 1. The molecule has 0 aliphatic rings. The molecule has 18 heavy (non-hydrogen) atoms. The highest BCUT2D eigenvalue weighted by Crippen LogP contribution is 2.30. The van der Waals surface area contributed by atoms with Crippen LogP contribution in [0.25, 0.3) is 0 Å². The van der Waals surface area contributed by atoms with Gasteiger partial charge in [0.1, 0.15) is 0 Å². The van der Waals surface area contributed by atoms with Gasteiger partial charge in [0.15, 0.2) is 0 Å². The van der Waals surface area contributed by atoms with Gasteiger partial charge in [0.2, 0.25) is 0 Å². The lowest BCUT2D eigenvalue weighted by Gasteiger charge is -2.23. The molecule has 1 N–H and O–H groups in total. The summed E-state index contributed by atoms with van der Waals surface area (Å²) in [6.07, 6.45) is -0.469. The van der Waals surface area contributed by atoms with Crippen LogP contribution in [0, 0.1) is 0 Å². The van der Waals surface area contributed by atoms with E-state index in [1.807, 2.05) is 18.2 Å². The van der Waals surface area contributed by atoms with Crippen LogP contribution >= 0.6 is 27.3 Å². The van der Waals surface area contributed by atoms with Crippen LogP contribution in [-0.2, 0) is 6.54 Å². The predicted octanol–water partition coefficient (Wildman–Crippen LogP) is 4.20. The Kier molecular flexibility index (Phi) is 4.43. The average molecular weight is 326 g/mol. The third-order valence-electron chi connectivity index (χ3n) is 2.82. The first-order chi connectivity index (χ1) is 8.58. The van der Waals surface area contributed by atoms with E-state index in [1.54, 1.807) is 18.3 Å². The zero-order valence-corrected chi connectivity index (χ0v) is 12.8. The van der Waals surface area contributed by atoms with E-state index in [0.29, 0.717) is 0 Å². The van der Waals surface area contributed by atoms with Crippen LogP contribution in [0.3, 0.4) is 0 Å². The molecule has 0 aliphatic heterocycles. The van der Waals surface area contributed by atoms with Crippen molar-refractivity contribution >= 4 is 33.0 Å². The fourth-order valence-corrected chi connectivity index (χ4v) is 3.07. The fourth-order valence-electron chi connectivity index (χ4n) is 1.93. The van der Waals surface area contributed by atoms with Crippen molar-refractivity contribution in [3.63, 3.8) is 0 Å². The first-order valence-corrected chi connectivity index (χ1v) is 7.46. The number of aliphatic hydroxyl groups is 1. The first-order valence-electron chi connectivity index (χ1n) is 5.79. The minimum atomic E-state index is -0.469. The normalized spacial score (nSPS) is 12.4. The van der Waals surface area contributed by atoms with Crippen LogP contribution in [0.5, 0.6) is 0 Å². The van der Waals surface area contributed by atoms with Gasteiger partial charge in [-0.2, -0.15) is 0 Å². The summed E-state index contributed by atoms with van der Waals surface area (Å²) in [5, 5.41) is 11.9. The average Bonchev–Trinajstić information content (AvgIpc) is 2.81. The van der Waals surface area contributed by atoms with Crippen molar-refractivity contribution in [2.45, 2.75) is 19.6 Å².